The van der Waals surface area contributed by atoms with Crippen LogP contribution in [0.1, 0.15) is 5.82 Å². The van der Waals surface area contributed by atoms with Crippen LogP contribution in [0.15, 0.2) is 36.4 Å². The number of imidazole rings is 1. The number of benzene rings is 2. The first-order valence-corrected chi connectivity index (χ1v) is 6.50. The van der Waals surface area contributed by atoms with Crippen LogP contribution in [-0.4, -0.2) is 16.0 Å². The maximum absolute atomic E-state index is 13.1. The van der Waals surface area contributed by atoms with E-state index in [0.29, 0.717) is 5.69 Å². The summed E-state index contributed by atoms with van der Waals surface area (Å²) in [5, 5.41) is 4.96. The first-order valence-electron chi connectivity index (χ1n) is 6.50. The number of halogens is 2. The maximum Gasteiger partial charge on any atom is 0.323 e. The zero-order valence-corrected chi connectivity index (χ0v) is 11.6. The molecule has 0 aliphatic heterocycles. The SMILES string of the molecule is Cc1nc2ccc(NC(=O)Nc3cc(F)cc(F)c3)cc2[nH]1. The zero-order chi connectivity index (χ0) is 15.7. The highest BCUT2D eigenvalue weighted by atomic mass is 19.1. The molecule has 7 heteroatoms. The molecule has 5 nitrogen and oxygen atoms in total. The number of carbonyl (C=O) groups is 1. The van der Waals surface area contributed by atoms with E-state index in [1.54, 1.807) is 18.2 Å². The van der Waals surface area contributed by atoms with Crippen molar-refractivity contribution in [3.05, 3.63) is 53.9 Å². The molecule has 3 aromatic rings. The number of nitrogens with one attached hydrogen (secondary N) is 3. The molecule has 0 saturated carbocycles. The summed E-state index contributed by atoms with van der Waals surface area (Å²) < 4.78 is 26.1. The van der Waals surface area contributed by atoms with Crippen molar-refractivity contribution in [2.24, 2.45) is 0 Å². The van der Waals surface area contributed by atoms with Gasteiger partial charge in [-0.05, 0) is 37.3 Å². The van der Waals surface area contributed by atoms with Crippen LogP contribution in [-0.2, 0) is 0 Å². The second-order valence-electron chi connectivity index (χ2n) is 4.79. The van der Waals surface area contributed by atoms with Crippen LogP contribution in [0.3, 0.4) is 0 Å². The van der Waals surface area contributed by atoms with Crippen molar-refractivity contribution in [1.82, 2.24) is 9.97 Å². The van der Waals surface area contributed by atoms with Gasteiger partial charge in [0.05, 0.1) is 11.0 Å². The Kier molecular flexibility index (Phi) is 3.46. The number of aromatic nitrogens is 2. The van der Waals surface area contributed by atoms with Crippen LogP contribution in [0.5, 0.6) is 0 Å². The van der Waals surface area contributed by atoms with Gasteiger partial charge in [-0.2, -0.15) is 0 Å². The fourth-order valence-electron chi connectivity index (χ4n) is 2.13. The maximum atomic E-state index is 13.1. The van der Waals surface area contributed by atoms with Crippen LogP contribution in [0.25, 0.3) is 11.0 Å². The highest BCUT2D eigenvalue weighted by molar-refractivity contribution is 6.00. The van der Waals surface area contributed by atoms with Crippen molar-refractivity contribution in [2.75, 3.05) is 10.6 Å². The molecule has 1 heterocycles. The number of fused-ring (bicyclic) bond motifs is 1. The van der Waals surface area contributed by atoms with Crippen LogP contribution >= 0.6 is 0 Å². The van der Waals surface area contributed by atoms with Gasteiger partial charge in [-0.25, -0.2) is 18.6 Å². The minimum Gasteiger partial charge on any atom is -0.342 e. The number of aryl methyl sites for hydroxylation is 1. The van der Waals surface area contributed by atoms with E-state index in [2.05, 4.69) is 20.6 Å². The molecule has 2 amide bonds. The Morgan fingerprint density at radius 2 is 1.73 bits per heavy atom. The predicted molar refractivity (Wildman–Crippen MR) is 79.8 cm³/mol. The Bertz CT molecular complexity index is 840. The van der Waals surface area contributed by atoms with Crippen LogP contribution in [0.4, 0.5) is 25.0 Å². The smallest absolute Gasteiger partial charge is 0.323 e. The first kappa shape index (κ1) is 14.0. The average molecular weight is 302 g/mol. The summed E-state index contributed by atoms with van der Waals surface area (Å²) >= 11 is 0. The molecule has 112 valence electrons. The third-order valence-electron chi connectivity index (χ3n) is 2.98. The van der Waals surface area contributed by atoms with Crippen molar-refractivity contribution < 1.29 is 13.6 Å². The predicted octanol–water partition coefficient (Wildman–Crippen LogP) is 3.79. The van der Waals surface area contributed by atoms with Crippen LogP contribution in [0, 0.1) is 18.6 Å². The molecule has 0 spiro atoms. The number of anilines is 2. The monoisotopic (exact) mass is 302 g/mol. The second-order valence-corrected chi connectivity index (χ2v) is 4.79. The molecule has 3 rings (SSSR count). The van der Waals surface area contributed by atoms with E-state index in [1.165, 1.54) is 0 Å². The summed E-state index contributed by atoms with van der Waals surface area (Å²) in [6.07, 6.45) is 0. The number of hydrogen-bond acceptors (Lipinski definition) is 2. The molecule has 0 atom stereocenters. The number of hydrogen-bond donors (Lipinski definition) is 3. The molecule has 2 aromatic carbocycles. The molecule has 0 aliphatic carbocycles. The van der Waals surface area contributed by atoms with Gasteiger partial charge in [-0.1, -0.05) is 0 Å². The zero-order valence-electron chi connectivity index (χ0n) is 11.6. The lowest BCUT2D eigenvalue weighted by atomic mass is 10.3. The summed E-state index contributed by atoms with van der Waals surface area (Å²) in [5.41, 5.74) is 2.14. The Morgan fingerprint density at radius 1 is 1.05 bits per heavy atom. The van der Waals surface area contributed by atoms with E-state index in [1.807, 2.05) is 6.92 Å². The largest absolute Gasteiger partial charge is 0.342 e. The normalized spacial score (nSPS) is 10.7. The van der Waals surface area contributed by atoms with E-state index >= 15 is 0 Å². The van der Waals surface area contributed by atoms with Crippen LogP contribution < -0.4 is 10.6 Å². The first-order chi connectivity index (χ1) is 10.5. The number of rotatable bonds is 2. The molecular weight excluding hydrogens is 290 g/mol. The van der Waals surface area contributed by atoms with Gasteiger partial charge >= 0.3 is 6.03 Å². The van der Waals surface area contributed by atoms with Gasteiger partial charge in [0.25, 0.3) is 0 Å². The molecule has 3 N–H and O–H groups in total. The molecule has 1 aromatic heterocycles. The van der Waals surface area contributed by atoms with Gasteiger partial charge in [0.1, 0.15) is 17.5 Å². The van der Waals surface area contributed by atoms with E-state index in [9.17, 15) is 13.6 Å². The molecule has 0 aliphatic rings. The number of aromatic amines is 1. The summed E-state index contributed by atoms with van der Waals surface area (Å²) in [6, 6.07) is 7.37. The van der Waals surface area contributed by atoms with Crippen molar-refractivity contribution >= 4 is 28.4 Å². The number of urea groups is 1. The van der Waals surface area contributed by atoms with E-state index in [0.717, 1.165) is 35.1 Å². The van der Waals surface area contributed by atoms with Crippen molar-refractivity contribution in [3.63, 3.8) is 0 Å². The Morgan fingerprint density at radius 3 is 2.45 bits per heavy atom. The topological polar surface area (TPSA) is 69.8 Å². The minimum atomic E-state index is -0.760. The van der Waals surface area contributed by atoms with Gasteiger partial charge < -0.3 is 15.6 Å². The number of carbonyl (C=O) groups excluding carboxylic acids is 1. The lowest BCUT2D eigenvalue weighted by molar-refractivity contribution is 0.262. The van der Waals surface area contributed by atoms with Crippen molar-refractivity contribution in [2.45, 2.75) is 6.92 Å². The fraction of sp³-hybridized carbons (Fsp3) is 0.0667. The Balaban J connectivity index is 1.74. The van der Waals surface area contributed by atoms with E-state index < -0.39 is 17.7 Å². The second kappa shape index (κ2) is 5.44. The number of amides is 2. The summed E-state index contributed by atoms with van der Waals surface area (Å²) in [7, 11) is 0. The van der Waals surface area contributed by atoms with Gasteiger partial charge in [-0.3, -0.25) is 0 Å². The summed E-state index contributed by atoms with van der Waals surface area (Å²) in [6.45, 7) is 1.83. The highest BCUT2D eigenvalue weighted by Gasteiger charge is 2.07. The summed E-state index contributed by atoms with van der Waals surface area (Å²) in [5.74, 6) is -0.749. The molecule has 0 fully saturated rings. The van der Waals surface area contributed by atoms with Crippen molar-refractivity contribution in [1.29, 1.82) is 0 Å². The van der Waals surface area contributed by atoms with E-state index in [-0.39, 0.29) is 5.69 Å². The lowest BCUT2D eigenvalue weighted by Gasteiger charge is -2.08. The lowest BCUT2D eigenvalue weighted by Crippen LogP contribution is -2.19. The molecule has 0 saturated heterocycles. The molecular formula is C15H12F2N4O. The number of nitrogens with zero attached hydrogens (tertiary/aromatic N) is 1. The Hall–Kier alpha value is -2.96. The quantitative estimate of drug-likeness (QED) is 0.674. The Labute approximate surface area is 124 Å². The highest BCUT2D eigenvalue weighted by Crippen LogP contribution is 2.18. The molecule has 0 unspecified atom stereocenters. The fourth-order valence-corrected chi connectivity index (χ4v) is 2.13. The van der Waals surface area contributed by atoms with Crippen LogP contribution in [0.2, 0.25) is 0 Å². The third kappa shape index (κ3) is 3.03. The molecule has 0 bridgehead atoms. The van der Waals surface area contributed by atoms with E-state index in [4.69, 9.17) is 0 Å². The third-order valence-corrected chi connectivity index (χ3v) is 2.98. The van der Waals surface area contributed by atoms with Crippen molar-refractivity contribution in [3.8, 4) is 0 Å². The van der Waals surface area contributed by atoms with Gasteiger partial charge in [0.2, 0.25) is 0 Å². The number of H-pyrrole nitrogens is 1. The molecule has 0 radical (unpaired) electrons. The van der Waals surface area contributed by atoms with Gasteiger partial charge in [-0.15, -0.1) is 0 Å². The van der Waals surface area contributed by atoms with Gasteiger partial charge in [0, 0.05) is 17.4 Å². The molecule has 22 heavy (non-hydrogen) atoms. The van der Waals surface area contributed by atoms with Gasteiger partial charge in [0.15, 0.2) is 0 Å². The standard InChI is InChI=1S/C15H12F2N4O/c1-8-18-13-3-2-11(7-14(13)19-8)20-15(22)21-12-5-9(16)4-10(17)6-12/h2-7H,1H3,(H,18,19)(H2,20,21,22). The summed E-state index contributed by atoms with van der Waals surface area (Å²) in [4.78, 5) is 19.2. The minimum absolute atomic E-state index is 0.0356. The average Bonchev–Trinajstić information content (AvgIpc) is 2.76.